The quantitative estimate of drug-likeness (QED) is 0.751. The van der Waals surface area contributed by atoms with Crippen LogP contribution in [0.5, 0.6) is 0 Å². The van der Waals surface area contributed by atoms with Gasteiger partial charge in [0.1, 0.15) is 5.82 Å². The molecule has 4 nitrogen and oxygen atoms in total. The molecule has 0 spiro atoms. The number of esters is 1. The first kappa shape index (κ1) is 14.5. The highest BCUT2D eigenvalue weighted by molar-refractivity contribution is 5.94. The van der Waals surface area contributed by atoms with Gasteiger partial charge >= 0.3 is 5.97 Å². The lowest BCUT2D eigenvalue weighted by Gasteiger charge is -2.22. The Balaban J connectivity index is 2.01. The number of ether oxygens (including phenoxy) is 1. The maximum absolute atomic E-state index is 13.2. The molecule has 0 atom stereocenters. The molecule has 0 unspecified atom stereocenters. The van der Waals surface area contributed by atoms with Gasteiger partial charge in [0.05, 0.1) is 13.0 Å². The van der Waals surface area contributed by atoms with Crippen molar-refractivity contribution >= 4 is 11.9 Å². The maximum Gasteiger partial charge on any atom is 0.307 e. The first-order valence-electron chi connectivity index (χ1n) is 6.84. The average molecular weight is 279 g/mol. The predicted octanol–water partition coefficient (Wildman–Crippen LogP) is 2.38. The van der Waals surface area contributed by atoms with Gasteiger partial charge in [-0.1, -0.05) is 6.07 Å². The molecule has 1 aliphatic rings. The highest BCUT2D eigenvalue weighted by Crippen LogP contribution is 2.28. The van der Waals surface area contributed by atoms with Crippen LogP contribution in [-0.4, -0.2) is 36.0 Å². The van der Waals surface area contributed by atoms with E-state index in [1.54, 1.807) is 17.9 Å². The van der Waals surface area contributed by atoms with Crippen LogP contribution in [0, 0.1) is 5.82 Å². The minimum atomic E-state index is -0.433. The van der Waals surface area contributed by atoms with E-state index in [0.29, 0.717) is 18.7 Å². The summed E-state index contributed by atoms with van der Waals surface area (Å²) in [5.74, 6) is -0.974. The van der Waals surface area contributed by atoms with Crippen LogP contribution in [0.15, 0.2) is 24.3 Å². The summed E-state index contributed by atoms with van der Waals surface area (Å²) in [6.07, 6.45) is 2.04. The summed E-state index contributed by atoms with van der Waals surface area (Å²) in [6, 6.07) is 5.79. The predicted molar refractivity (Wildman–Crippen MR) is 71.7 cm³/mol. The molecule has 5 heteroatoms. The number of halogens is 1. The Morgan fingerprint density at radius 2 is 2.15 bits per heavy atom. The summed E-state index contributed by atoms with van der Waals surface area (Å²) in [6.45, 7) is 2.40. The fourth-order valence-electron chi connectivity index (χ4n) is 2.07. The number of amides is 1. The number of hydrogen-bond donors (Lipinski definition) is 0. The normalized spacial score (nSPS) is 13.9. The molecule has 0 saturated heterocycles. The molecule has 1 amide bonds. The molecule has 0 radical (unpaired) electrons. The Morgan fingerprint density at radius 3 is 2.75 bits per heavy atom. The zero-order valence-corrected chi connectivity index (χ0v) is 11.5. The Labute approximate surface area is 117 Å². The van der Waals surface area contributed by atoms with Crippen molar-refractivity contribution in [3.05, 3.63) is 35.6 Å². The fourth-order valence-corrected chi connectivity index (χ4v) is 2.07. The first-order valence-corrected chi connectivity index (χ1v) is 6.84. The third-order valence-electron chi connectivity index (χ3n) is 3.18. The second kappa shape index (κ2) is 6.50. The largest absolute Gasteiger partial charge is 0.466 e. The van der Waals surface area contributed by atoms with Gasteiger partial charge in [0.25, 0.3) is 5.91 Å². The van der Waals surface area contributed by atoms with Gasteiger partial charge in [0.15, 0.2) is 0 Å². The van der Waals surface area contributed by atoms with Crippen LogP contribution >= 0.6 is 0 Å². The summed E-state index contributed by atoms with van der Waals surface area (Å²) in [5.41, 5.74) is 0.320. The van der Waals surface area contributed by atoms with E-state index in [0.717, 1.165) is 12.8 Å². The third-order valence-corrected chi connectivity index (χ3v) is 3.18. The van der Waals surface area contributed by atoms with E-state index in [1.165, 1.54) is 18.2 Å². The Bertz CT molecular complexity index is 500. The van der Waals surface area contributed by atoms with Crippen molar-refractivity contribution in [2.75, 3.05) is 13.2 Å². The SMILES string of the molecule is CCOC(=O)CCN(C(=O)c1cccc(F)c1)C1CC1. The van der Waals surface area contributed by atoms with Crippen LogP contribution in [-0.2, 0) is 9.53 Å². The van der Waals surface area contributed by atoms with Crippen LogP contribution < -0.4 is 0 Å². The Kier molecular flexibility index (Phi) is 4.71. The van der Waals surface area contributed by atoms with E-state index < -0.39 is 5.82 Å². The second-order valence-corrected chi connectivity index (χ2v) is 4.80. The van der Waals surface area contributed by atoms with Crippen LogP contribution in [0.2, 0.25) is 0 Å². The number of hydrogen-bond acceptors (Lipinski definition) is 3. The van der Waals surface area contributed by atoms with Crippen molar-refractivity contribution in [1.29, 1.82) is 0 Å². The van der Waals surface area contributed by atoms with Crippen LogP contribution in [0.3, 0.4) is 0 Å². The van der Waals surface area contributed by atoms with E-state index in [-0.39, 0.29) is 24.3 Å². The van der Waals surface area contributed by atoms with Gasteiger partial charge in [0.2, 0.25) is 0 Å². The van der Waals surface area contributed by atoms with Crippen molar-refractivity contribution in [2.24, 2.45) is 0 Å². The monoisotopic (exact) mass is 279 g/mol. The molecule has 108 valence electrons. The Hall–Kier alpha value is -1.91. The van der Waals surface area contributed by atoms with Crippen molar-refractivity contribution in [3.63, 3.8) is 0 Å². The van der Waals surface area contributed by atoms with E-state index in [9.17, 15) is 14.0 Å². The summed E-state index contributed by atoms with van der Waals surface area (Å²) in [5, 5.41) is 0. The smallest absolute Gasteiger partial charge is 0.307 e. The summed E-state index contributed by atoms with van der Waals surface area (Å²) >= 11 is 0. The highest BCUT2D eigenvalue weighted by Gasteiger charge is 2.33. The van der Waals surface area contributed by atoms with Crippen LogP contribution in [0.1, 0.15) is 36.5 Å². The van der Waals surface area contributed by atoms with E-state index in [2.05, 4.69) is 0 Å². The zero-order chi connectivity index (χ0) is 14.5. The zero-order valence-electron chi connectivity index (χ0n) is 11.5. The van der Waals surface area contributed by atoms with Crippen LogP contribution in [0.25, 0.3) is 0 Å². The number of rotatable bonds is 6. The lowest BCUT2D eigenvalue weighted by atomic mass is 10.2. The standard InChI is InChI=1S/C15H18FNO3/c1-2-20-14(18)8-9-17(13-6-7-13)15(19)11-4-3-5-12(16)10-11/h3-5,10,13H,2,6-9H2,1H3. The molecule has 0 heterocycles. The second-order valence-electron chi connectivity index (χ2n) is 4.80. The average Bonchev–Trinajstić information content (AvgIpc) is 3.23. The summed E-state index contributed by atoms with van der Waals surface area (Å²) < 4.78 is 18.0. The minimum Gasteiger partial charge on any atom is -0.466 e. The molecule has 1 saturated carbocycles. The van der Waals surface area contributed by atoms with E-state index >= 15 is 0 Å². The molecule has 2 rings (SSSR count). The molecule has 0 aliphatic heterocycles. The molecule has 0 bridgehead atoms. The molecule has 1 aromatic carbocycles. The summed E-state index contributed by atoms with van der Waals surface area (Å²) in [7, 11) is 0. The fraction of sp³-hybridized carbons (Fsp3) is 0.467. The molecule has 0 aromatic heterocycles. The van der Waals surface area contributed by atoms with Gasteiger partial charge in [0, 0.05) is 18.2 Å². The third kappa shape index (κ3) is 3.79. The van der Waals surface area contributed by atoms with Crippen LogP contribution in [0.4, 0.5) is 4.39 Å². The van der Waals surface area contributed by atoms with Crippen molar-refractivity contribution in [2.45, 2.75) is 32.2 Å². The first-order chi connectivity index (χ1) is 9.61. The van der Waals surface area contributed by atoms with Gasteiger partial charge in [-0.25, -0.2) is 4.39 Å². The number of benzene rings is 1. The van der Waals surface area contributed by atoms with Crippen molar-refractivity contribution in [3.8, 4) is 0 Å². The molecule has 20 heavy (non-hydrogen) atoms. The van der Waals surface area contributed by atoms with Gasteiger partial charge in [-0.05, 0) is 38.0 Å². The Morgan fingerprint density at radius 1 is 1.40 bits per heavy atom. The minimum absolute atomic E-state index is 0.167. The van der Waals surface area contributed by atoms with Gasteiger partial charge < -0.3 is 9.64 Å². The van der Waals surface area contributed by atoms with Crippen molar-refractivity contribution < 1.29 is 18.7 Å². The number of nitrogens with zero attached hydrogens (tertiary/aromatic N) is 1. The molecule has 1 aromatic rings. The number of carbonyl (C=O) groups is 2. The molecule has 1 fully saturated rings. The van der Waals surface area contributed by atoms with Gasteiger partial charge in [-0.2, -0.15) is 0 Å². The van der Waals surface area contributed by atoms with Gasteiger partial charge in [-0.3, -0.25) is 9.59 Å². The summed E-state index contributed by atoms with van der Waals surface area (Å²) in [4.78, 5) is 25.4. The highest BCUT2D eigenvalue weighted by atomic mass is 19.1. The lowest BCUT2D eigenvalue weighted by molar-refractivity contribution is -0.143. The topological polar surface area (TPSA) is 46.6 Å². The molecule has 1 aliphatic carbocycles. The molecular weight excluding hydrogens is 261 g/mol. The molecular formula is C15H18FNO3. The van der Waals surface area contributed by atoms with Gasteiger partial charge in [-0.15, -0.1) is 0 Å². The maximum atomic E-state index is 13.2. The molecule has 0 N–H and O–H groups in total. The van der Waals surface area contributed by atoms with Crippen molar-refractivity contribution in [1.82, 2.24) is 4.90 Å². The van der Waals surface area contributed by atoms with E-state index in [1.807, 2.05) is 0 Å². The van der Waals surface area contributed by atoms with E-state index in [4.69, 9.17) is 4.74 Å². The number of carbonyl (C=O) groups excluding carboxylic acids is 2. The lowest BCUT2D eigenvalue weighted by Crippen LogP contribution is -2.35.